The Kier molecular flexibility index (Phi) is 10.3. The van der Waals surface area contributed by atoms with Gasteiger partial charge < -0.3 is 14.5 Å². The molecule has 1 N–H and O–H groups in total. The molecule has 1 amide bonds. The molecule has 1 saturated heterocycles. The first-order valence-electron chi connectivity index (χ1n) is 12.0. The Morgan fingerprint density at radius 3 is 2.45 bits per heavy atom. The number of ether oxygens (including phenoxy) is 1. The molecule has 2 aromatic carbocycles. The lowest BCUT2D eigenvalue weighted by molar-refractivity contribution is 0.130. The van der Waals surface area contributed by atoms with Crippen molar-refractivity contribution in [3.05, 3.63) is 81.9 Å². The van der Waals surface area contributed by atoms with E-state index in [1.807, 2.05) is 0 Å². The molecule has 1 aromatic heterocycles. The lowest BCUT2D eigenvalue weighted by Crippen LogP contribution is -2.44. The van der Waals surface area contributed by atoms with E-state index in [2.05, 4.69) is 27.3 Å². The first-order valence-corrected chi connectivity index (χ1v) is 12.0. The summed E-state index contributed by atoms with van der Waals surface area (Å²) >= 11 is 0. The standard InChI is InChI=1S/C26H28F3N5O3.ClH/c1-32-9-11-33(12-10-32)8-3-13-37-26(36)30-20-5-2-4-18(14-20)17-34-24(35)7-6-23(31-34)19-15-21(27)25(29)22(28)16-19;/h2,4-7,14-16H,3,8-13,17H2,1H3,(H,30,36);1H. The number of rotatable bonds is 8. The van der Waals surface area contributed by atoms with Gasteiger partial charge in [0.25, 0.3) is 5.56 Å². The molecule has 0 aliphatic carbocycles. The van der Waals surface area contributed by atoms with Crippen LogP contribution in [0, 0.1) is 17.5 Å². The number of carbonyl (C=O) groups excluding carboxylic acids is 1. The van der Waals surface area contributed by atoms with Gasteiger partial charge in [-0.1, -0.05) is 12.1 Å². The maximum Gasteiger partial charge on any atom is 0.411 e. The highest BCUT2D eigenvalue weighted by molar-refractivity contribution is 5.85. The third kappa shape index (κ3) is 7.80. The molecular weight excluding hydrogens is 523 g/mol. The van der Waals surface area contributed by atoms with Crippen molar-refractivity contribution >= 4 is 24.2 Å². The fourth-order valence-corrected chi connectivity index (χ4v) is 4.02. The monoisotopic (exact) mass is 551 g/mol. The van der Waals surface area contributed by atoms with Gasteiger partial charge in [-0.3, -0.25) is 10.1 Å². The normalized spacial score (nSPS) is 14.1. The van der Waals surface area contributed by atoms with Gasteiger partial charge in [0, 0.05) is 50.0 Å². The van der Waals surface area contributed by atoms with E-state index in [-0.39, 0.29) is 30.2 Å². The average molecular weight is 552 g/mol. The van der Waals surface area contributed by atoms with Crippen LogP contribution in [0.4, 0.5) is 23.7 Å². The number of hydrogen-bond acceptors (Lipinski definition) is 6. The maximum absolute atomic E-state index is 13.6. The van der Waals surface area contributed by atoms with Crippen molar-refractivity contribution in [1.82, 2.24) is 19.6 Å². The number of piperazine rings is 1. The predicted molar refractivity (Wildman–Crippen MR) is 140 cm³/mol. The van der Waals surface area contributed by atoms with Gasteiger partial charge >= 0.3 is 6.09 Å². The Hall–Kier alpha value is -3.41. The highest BCUT2D eigenvalue weighted by atomic mass is 35.5. The van der Waals surface area contributed by atoms with Gasteiger partial charge in [-0.2, -0.15) is 5.10 Å². The van der Waals surface area contributed by atoms with Gasteiger partial charge in [0.1, 0.15) is 0 Å². The molecule has 0 bridgehead atoms. The first-order chi connectivity index (χ1) is 17.8. The fourth-order valence-electron chi connectivity index (χ4n) is 4.02. The van der Waals surface area contributed by atoms with E-state index in [0.717, 1.165) is 56.0 Å². The summed E-state index contributed by atoms with van der Waals surface area (Å²) in [6.07, 6.45) is 0.164. The second-order valence-corrected chi connectivity index (χ2v) is 8.93. The third-order valence-corrected chi connectivity index (χ3v) is 6.10. The van der Waals surface area contributed by atoms with Gasteiger partial charge in [0.2, 0.25) is 0 Å². The number of nitrogens with one attached hydrogen (secondary N) is 1. The number of benzene rings is 2. The molecule has 8 nitrogen and oxygen atoms in total. The number of aromatic nitrogens is 2. The Morgan fingerprint density at radius 2 is 1.74 bits per heavy atom. The maximum atomic E-state index is 13.6. The zero-order chi connectivity index (χ0) is 26.4. The van der Waals surface area contributed by atoms with Crippen LogP contribution in [-0.4, -0.2) is 72.1 Å². The van der Waals surface area contributed by atoms with E-state index in [4.69, 9.17) is 4.74 Å². The van der Waals surface area contributed by atoms with Crippen LogP contribution in [-0.2, 0) is 11.3 Å². The Morgan fingerprint density at radius 1 is 1.03 bits per heavy atom. The van der Waals surface area contributed by atoms with Crippen LogP contribution >= 0.6 is 12.4 Å². The number of nitrogens with zero attached hydrogens (tertiary/aromatic N) is 4. The highest BCUT2D eigenvalue weighted by Crippen LogP contribution is 2.21. The fraction of sp³-hybridized carbons (Fsp3) is 0.346. The van der Waals surface area contributed by atoms with E-state index >= 15 is 0 Å². The van der Waals surface area contributed by atoms with Crippen LogP contribution < -0.4 is 10.9 Å². The molecular formula is C26H29ClF3N5O3. The summed E-state index contributed by atoms with van der Waals surface area (Å²) in [6, 6.07) is 11.0. The van der Waals surface area contributed by atoms with Crippen molar-refractivity contribution in [3.63, 3.8) is 0 Å². The van der Waals surface area contributed by atoms with Crippen molar-refractivity contribution in [1.29, 1.82) is 0 Å². The quantitative estimate of drug-likeness (QED) is 0.337. The van der Waals surface area contributed by atoms with Crippen molar-refractivity contribution in [2.45, 2.75) is 13.0 Å². The summed E-state index contributed by atoms with van der Waals surface area (Å²) < 4.78 is 47.0. The molecule has 38 heavy (non-hydrogen) atoms. The van der Waals surface area contributed by atoms with E-state index in [9.17, 15) is 22.8 Å². The van der Waals surface area contributed by atoms with Gasteiger partial charge in [-0.15, -0.1) is 12.4 Å². The van der Waals surface area contributed by atoms with Crippen LogP contribution in [0.1, 0.15) is 12.0 Å². The molecule has 0 radical (unpaired) electrons. The van der Waals surface area contributed by atoms with Gasteiger partial charge in [-0.05, 0) is 49.4 Å². The van der Waals surface area contributed by atoms with E-state index in [1.165, 1.54) is 12.1 Å². The van der Waals surface area contributed by atoms with Crippen LogP contribution in [0.3, 0.4) is 0 Å². The van der Waals surface area contributed by atoms with Gasteiger partial charge in [0.05, 0.1) is 18.8 Å². The zero-order valence-electron chi connectivity index (χ0n) is 20.8. The van der Waals surface area contributed by atoms with E-state index < -0.39 is 29.1 Å². The summed E-state index contributed by atoms with van der Waals surface area (Å²) in [5.74, 6) is -4.27. The number of likely N-dealkylation sites (N-methyl/N-ethyl adjacent to an activating group) is 1. The van der Waals surface area contributed by atoms with Gasteiger partial charge in [-0.25, -0.2) is 22.6 Å². The SMILES string of the molecule is CN1CCN(CCCOC(=O)Nc2cccc(Cn3nc(-c4cc(F)c(F)c(F)c4)ccc3=O)c2)CC1.Cl. The number of hydrogen-bond donors (Lipinski definition) is 1. The lowest BCUT2D eigenvalue weighted by atomic mass is 10.1. The molecule has 0 spiro atoms. The summed E-state index contributed by atoms with van der Waals surface area (Å²) in [5.41, 5.74) is 0.789. The second kappa shape index (κ2) is 13.4. The Labute approximate surface area is 224 Å². The smallest absolute Gasteiger partial charge is 0.411 e. The topological polar surface area (TPSA) is 79.7 Å². The molecule has 1 aliphatic heterocycles. The second-order valence-electron chi connectivity index (χ2n) is 8.93. The van der Waals surface area contributed by atoms with Gasteiger partial charge in [0.15, 0.2) is 17.5 Å². The van der Waals surface area contributed by atoms with Crippen molar-refractivity contribution in [2.75, 3.05) is 51.7 Å². The minimum atomic E-state index is -1.57. The minimum Gasteiger partial charge on any atom is -0.449 e. The molecule has 0 unspecified atom stereocenters. The predicted octanol–water partition coefficient (Wildman–Crippen LogP) is 3.98. The largest absolute Gasteiger partial charge is 0.449 e. The van der Waals surface area contributed by atoms with Crippen LogP contribution in [0.15, 0.2) is 53.3 Å². The van der Waals surface area contributed by atoms with E-state index in [1.54, 1.807) is 24.3 Å². The molecule has 0 saturated carbocycles. The number of anilines is 1. The molecule has 1 fully saturated rings. The van der Waals surface area contributed by atoms with Crippen LogP contribution in [0.2, 0.25) is 0 Å². The summed E-state index contributed by atoms with van der Waals surface area (Å²) in [6.45, 7) is 5.29. The first kappa shape index (κ1) is 29.2. The zero-order valence-corrected chi connectivity index (χ0v) is 21.6. The minimum absolute atomic E-state index is 0. The van der Waals surface area contributed by atoms with Crippen molar-refractivity contribution in [2.24, 2.45) is 0 Å². The molecule has 3 aromatic rings. The number of amides is 1. The van der Waals surface area contributed by atoms with Crippen molar-refractivity contribution < 1.29 is 22.7 Å². The molecule has 204 valence electrons. The third-order valence-electron chi connectivity index (χ3n) is 6.10. The van der Waals surface area contributed by atoms with Crippen molar-refractivity contribution in [3.8, 4) is 11.3 Å². The Balaban J connectivity index is 0.00000400. The molecule has 12 heteroatoms. The number of halogens is 4. The molecule has 1 aliphatic rings. The Bertz CT molecular complexity index is 1290. The highest BCUT2D eigenvalue weighted by Gasteiger charge is 2.15. The molecule has 2 heterocycles. The average Bonchev–Trinajstić information content (AvgIpc) is 2.87. The van der Waals surface area contributed by atoms with Crippen LogP contribution in [0.5, 0.6) is 0 Å². The summed E-state index contributed by atoms with van der Waals surface area (Å²) in [7, 11) is 2.10. The van der Waals surface area contributed by atoms with Crippen LogP contribution in [0.25, 0.3) is 11.3 Å². The number of carbonyl (C=O) groups is 1. The molecule has 4 rings (SSSR count). The lowest BCUT2D eigenvalue weighted by Gasteiger charge is -2.32. The summed E-state index contributed by atoms with van der Waals surface area (Å²) in [4.78, 5) is 29.2. The summed E-state index contributed by atoms with van der Waals surface area (Å²) in [5, 5.41) is 6.84. The molecule has 0 atom stereocenters. The van der Waals surface area contributed by atoms with E-state index in [0.29, 0.717) is 17.9 Å².